The van der Waals surface area contributed by atoms with Crippen molar-refractivity contribution in [3.05, 3.63) is 87.8 Å². The first-order chi connectivity index (χ1) is 12.8. The summed E-state index contributed by atoms with van der Waals surface area (Å²) in [5.41, 5.74) is 2.71. The Morgan fingerprint density at radius 3 is 2.38 bits per heavy atom. The minimum Gasteiger partial charge on any atom is -0.293 e. The van der Waals surface area contributed by atoms with E-state index in [1.54, 1.807) is 0 Å². The average Bonchev–Trinajstić information content (AvgIpc) is 3.10. The molecule has 130 valence electrons. The van der Waals surface area contributed by atoms with Crippen LogP contribution in [0.25, 0.3) is 21.3 Å². The van der Waals surface area contributed by atoms with Crippen molar-refractivity contribution in [2.75, 3.05) is 6.67 Å². The van der Waals surface area contributed by atoms with E-state index in [0.29, 0.717) is 22.5 Å². The molecule has 3 nitrogen and oxygen atoms in total. The molecule has 0 aliphatic heterocycles. The molecule has 0 spiro atoms. The second-order valence-electron chi connectivity index (χ2n) is 6.03. The average molecular weight is 364 g/mol. The van der Waals surface area contributed by atoms with Gasteiger partial charge in [-0.15, -0.1) is 11.3 Å². The second-order valence-corrected chi connectivity index (χ2v) is 6.89. The number of thiophene rings is 1. The van der Waals surface area contributed by atoms with Crippen LogP contribution in [0, 0.1) is 0 Å². The number of halogens is 1. The Hall–Kier alpha value is -2.79. The predicted octanol–water partition coefficient (Wildman–Crippen LogP) is 4.69. The minimum absolute atomic E-state index is 0.0218. The van der Waals surface area contributed by atoms with Crippen LogP contribution in [-0.2, 0) is 13.0 Å². The van der Waals surface area contributed by atoms with Crippen molar-refractivity contribution in [3.63, 3.8) is 0 Å². The van der Waals surface area contributed by atoms with Crippen LogP contribution in [0.4, 0.5) is 4.39 Å². The third kappa shape index (κ3) is 3.06. The third-order valence-corrected chi connectivity index (χ3v) is 5.24. The first-order valence-electron chi connectivity index (χ1n) is 8.44. The molecular weight excluding hydrogens is 347 g/mol. The smallest absolute Gasteiger partial charge is 0.262 e. The fourth-order valence-corrected chi connectivity index (χ4v) is 4.08. The van der Waals surface area contributed by atoms with Crippen LogP contribution in [0.1, 0.15) is 11.4 Å². The van der Waals surface area contributed by atoms with Crippen molar-refractivity contribution in [1.29, 1.82) is 0 Å². The summed E-state index contributed by atoms with van der Waals surface area (Å²) in [6, 6.07) is 19.6. The van der Waals surface area contributed by atoms with Crippen molar-refractivity contribution in [1.82, 2.24) is 9.55 Å². The summed E-state index contributed by atoms with van der Waals surface area (Å²) in [5.74, 6) is 0.604. The summed E-state index contributed by atoms with van der Waals surface area (Å²) in [6.07, 6.45) is 0.505. The molecule has 0 aliphatic carbocycles. The highest BCUT2D eigenvalue weighted by molar-refractivity contribution is 7.17. The summed E-state index contributed by atoms with van der Waals surface area (Å²) >= 11 is 1.46. The molecule has 0 bridgehead atoms. The van der Waals surface area contributed by atoms with Gasteiger partial charge in [0.05, 0.1) is 11.9 Å². The zero-order valence-corrected chi connectivity index (χ0v) is 14.9. The Balaban J connectivity index is 1.89. The number of rotatable bonds is 5. The number of alkyl halides is 1. The largest absolute Gasteiger partial charge is 0.293 e. The van der Waals surface area contributed by atoms with Crippen LogP contribution in [-0.4, -0.2) is 16.2 Å². The van der Waals surface area contributed by atoms with Crippen LogP contribution in [0.5, 0.6) is 0 Å². The van der Waals surface area contributed by atoms with Crippen molar-refractivity contribution < 1.29 is 4.39 Å². The fourth-order valence-electron chi connectivity index (χ4n) is 3.13. The van der Waals surface area contributed by atoms with Crippen molar-refractivity contribution in [3.8, 4) is 11.1 Å². The van der Waals surface area contributed by atoms with E-state index in [1.165, 1.54) is 15.9 Å². The summed E-state index contributed by atoms with van der Waals surface area (Å²) in [7, 11) is 0. The number of fused-ring (bicyclic) bond motifs is 1. The van der Waals surface area contributed by atoms with Crippen LogP contribution < -0.4 is 5.56 Å². The van der Waals surface area contributed by atoms with E-state index < -0.39 is 6.67 Å². The molecule has 0 saturated carbocycles. The predicted molar refractivity (Wildman–Crippen MR) is 105 cm³/mol. The molecule has 0 N–H and O–H groups in total. The maximum absolute atomic E-state index is 13.1. The normalized spacial score (nSPS) is 11.1. The van der Waals surface area contributed by atoms with E-state index in [4.69, 9.17) is 4.98 Å². The molecule has 5 heteroatoms. The Kier molecular flexibility index (Phi) is 4.63. The summed E-state index contributed by atoms with van der Waals surface area (Å²) in [5, 5.41) is 2.53. The highest BCUT2D eigenvalue weighted by atomic mass is 32.1. The van der Waals surface area contributed by atoms with E-state index in [0.717, 1.165) is 16.7 Å². The standard InChI is InChI=1S/C21H17FN2OS/c22-11-12-24-18(13-15-7-3-1-4-8-15)23-20-19(21(24)25)17(14-26-20)16-9-5-2-6-10-16/h1-10,14H,11-13H2. The first-order valence-corrected chi connectivity index (χ1v) is 9.32. The number of aromatic nitrogens is 2. The van der Waals surface area contributed by atoms with Gasteiger partial charge >= 0.3 is 0 Å². The molecule has 0 amide bonds. The molecule has 26 heavy (non-hydrogen) atoms. The Morgan fingerprint density at radius 1 is 1.00 bits per heavy atom. The highest BCUT2D eigenvalue weighted by Crippen LogP contribution is 2.31. The van der Waals surface area contributed by atoms with Gasteiger partial charge in [-0.05, 0) is 11.1 Å². The van der Waals surface area contributed by atoms with E-state index in [1.807, 2.05) is 66.0 Å². The van der Waals surface area contributed by atoms with Gasteiger partial charge in [0.2, 0.25) is 0 Å². The molecular formula is C21H17FN2OS. The topological polar surface area (TPSA) is 34.9 Å². The van der Waals surface area contributed by atoms with Gasteiger partial charge in [0.25, 0.3) is 5.56 Å². The lowest BCUT2D eigenvalue weighted by atomic mass is 10.1. The summed E-state index contributed by atoms with van der Waals surface area (Å²) < 4.78 is 14.6. The lowest BCUT2D eigenvalue weighted by Crippen LogP contribution is -2.26. The van der Waals surface area contributed by atoms with Gasteiger partial charge in [-0.2, -0.15) is 0 Å². The van der Waals surface area contributed by atoms with E-state index >= 15 is 0 Å². The second kappa shape index (κ2) is 7.22. The zero-order valence-electron chi connectivity index (χ0n) is 14.1. The first kappa shape index (κ1) is 16.7. The summed E-state index contributed by atoms with van der Waals surface area (Å²) in [6.45, 7) is -0.576. The Labute approximate surface area is 154 Å². The number of nitrogens with zero attached hydrogens (tertiary/aromatic N) is 2. The maximum Gasteiger partial charge on any atom is 0.262 e. The van der Waals surface area contributed by atoms with E-state index in [9.17, 15) is 9.18 Å². The fraction of sp³-hybridized carbons (Fsp3) is 0.143. The molecule has 2 aromatic heterocycles. The molecule has 0 fully saturated rings. The summed E-state index contributed by atoms with van der Waals surface area (Å²) in [4.78, 5) is 18.6. The molecule has 2 heterocycles. The van der Waals surface area contributed by atoms with Crippen LogP contribution in [0.2, 0.25) is 0 Å². The van der Waals surface area contributed by atoms with Crippen LogP contribution >= 0.6 is 11.3 Å². The molecule has 4 aromatic rings. The lowest BCUT2D eigenvalue weighted by molar-refractivity contribution is 0.433. The van der Waals surface area contributed by atoms with Gasteiger partial charge in [-0.3, -0.25) is 9.36 Å². The molecule has 0 unspecified atom stereocenters. The van der Waals surface area contributed by atoms with E-state index in [-0.39, 0.29) is 12.1 Å². The molecule has 2 aromatic carbocycles. The third-order valence-electron chi connectivity index (χ3n) is 4.37. The van der Waals surface area contributed by atoms with Gasteiger partial charge in [0.15, 0.2) is 0 Å². The van der Waals surface area contributed by atoms with Crippen molar-refractivity contribution >= 4 is 21.6 Å². The highest BCUT2D eigenvalue weighted by Gasteiger charge is 2.17. The molecule has 0 aliphatic rings. The minimum atomic E-state index is -0.598. The molecule has 0 atom stereocenters. The Morgan fingerprint density at radius 2 is 1.69 bits per heavy atom. The van der Waals surface area contributed by atoms with Gasteiger partial charge in [-0.1, -0.05) is 60.7 Å². The quantitative estimate of drug-likeness (QED) is 0.515. The number of hydrogen-bond acceptors (Lipinski definition) is 3. The molecule has 0 radical (unpaired) electrons. The Bertz CT molecular complexity index is 1090. The number of hydrogen-bond donors (Lipinski definition) is 0. The van der Waals surface area contributed by atoms with Gasteiger partial charge in [-0.25, -0.2) is 9.37 Å². The number of benzene rings is 2. The van der Waals surface area contributed by atoms with Crippen LogP contribution in [0.3, 0.4) is 0 Å². The maximum atomic E-state index is 13.1. The van der Waals surface area contributed by atoms with Gasteiger partial charge < -0.3 is 0 Å². The van der Waals surface area contributed by atoms with Crippen LogP contribution in [0.15, 0.2) is 70.8 Å². The molecule has 4 rings (SSSR count). The SMILES string of the molecule is O=c1c2c(-c3ccccc3)csc2nc(Cc2ccccc2)n1CCF. The zero-order chi connectivity index (χ0) is 17.9. The van der Waals surface area contributed by atoms with Crippen molar-refractivity contribution in [2.24, 2.45) is 0 Å². The van der Waals surface area contributed by atoms with Gasteiger partial charge in [0, 0.05) is 17.4 Å². The monoisotopic (exact) mass is 364 g/mol. The lowest BCUT2D eigenvalue weighted by Gasteiger charge is -2.11. The van der Waals surface area contributed by atoms with Gasteiger partial charge in [0.1, 0.15) is 17.3 Å². The van der Waals surface area contributed by atoms with Crippen molar-refractivity contribution in [2.45, 2.75) is 13.0 Å². The molecule has 0 saturated heterocycles. The van der Waals surface area contributed by atoms with E-state index in [2.05, 4.69) is 0 Å².